The maximum atomic E-state index is 5.81. The van der Waals surface area contributed by atoms with Crippen LogP contribution in [0.3, 0.4) is 0 Å². The summed E-state index contributed by atoms with van der Waals surface area (Å²) in [6, 6.07) is 0.313. The lowest BCUT2D eigenvalue weighted by molar-refractivity contribution is 0.883. The first-order valence-corrected chi connectivity index (χ1v) is 9.90. The van der Waals surface area contributed by atoms with E-state index in [2.05, 4.69) is 81.4 Å². The molecule has 0 atom stereocenters. The lowest BCUT2D eigenvalue weighted by Crippen LogP contribution is -2.12. The molecule has 0 saturated carbocycles. The first kappa shape index (κ1) is 19.9. The van der Waals surface area contributed by atoms with Crippen molar-refractivity contribution in [3.05, 3.63) is 38.4 Å². The monoisotopic (exact) mass is 515 g/mol. The number of hydrogen-bond acceptors (Lipinski definition) is 7. The summed E-state index contributed by atoms with van der Waals surface area (Å²) < 4.78 is 5.12. The molecule has 4 aromatic heterocycles. The van der Waals surface area contributed by atoms with Gasteiger partial charge in [0.15, 0.2) is 16.6 Å². The van der Waals surface area contributed by atoms with Gasteiger partial charge in [0.25, 0.3) is 0 Å². The zero-order valence-electron chi connectivity index (χ0n) is 14.9. The van der Waals surface area contributed by atoms with Gasteiger partial charge in [-0.3, -0.25) is 8.80 Å². The average Bonchev–Trinajstić information content (AvgIpc) is 3.12. The van der Waals surface area contributed by atoms with Crippen LogP contribution in [0.25, 0.3) is 11.3 Å². The Labute approximate surface area is 176 Å². The van der Waals surface area contributed by atoms with Crippen LogP contribution in [0.5, 0.6) is 0 Å². The second kappa shape index (κ2) is 8.03. The van der Waals surface area contributed by atoms with Gasteiger partial charge in [0.05, 0.1) is 0 Å². The van der Waals surface area contributed by atoms with E-state index < -0.39 is 0 Å². The maximum absolute atomic E-state index is 5.81. The summed E-state index contributed by atoms with van der Waals surface area (Å²) in [5.74, 6) is 2.38. The van der Waals surface area contributed by atoms with Crippen LogP contribution < -0.4 is 5.32 Å². The van der Waals surface area contributed by atoms with E-state index in [-0.39, 0.29) is 0 Å². The zero-order valence-corrected chi connectivity index (χ0v) is 18.9. The smallest absolute Gasteiger partial charge is 0.203 e. The molecule has 27 heavy (non-hydrogen) atoms. The van der Waals surface area contributed by atoms with Gasteiger partial charge in [-0.05, 0) is 59.6 Å². The first-order chi connectivity index (χ1) is 12.8. The van der Waals surface area contributed by atoms with Crippen LogP contribution in [0.1, 0.15) is 25.5 Å². The molecule has 0 amide bonds. The highest BCUT2D eigenvalue weighted by Crippen LogP contribution is 2.18. The van der Waals surface area contributed by atoms with Crippen molar-refractivity contribution in [2.24, 2.45) is 0 Å². The largest absolute Gasteiger partial charge is 0.365 e. The van der Waals surface area contributed by atoms with Gasteiger partial charge in [0.2, 0.25) is 5.65 Å². The topological polar surface area (TPSA) is 98.2 Å². The molecule has 142 valence electrons. The second-order valence-electron chi connectivity index (χ2n) is 5.95. The second-order valence-corrected chi connectivity index (χ2v) is 7.93. The van der Waals surface area contributed by atoms with Crippen molar-refractivity contribution in [3.63, 3.8) is 0 Å². The van der Waals surface area contributed by atoms with Crippen LogP contribution in [-0.2, 0) is 0 Å². The molecular weight excluding hydrogens is 501 g/mol. The number of nitrogens with one attached hydrogen (secondary N) is 1. The highest BCUT2D eigenvalue weighted by atomic mass is 79.9. The number of aromatic nitrogens is 8. The van der Waals surface area contributed by atoms with Crippen molar-refractivity contribution in [1.82, 2.24) is 39.2 Å². The van der Waals surface area contributed by atoms with E-state index in [1.165, 1.54) is 0 Å². The van der Waals surface area contributed by atoms with E-state index in [4.69, 9.17) is 11.6 Å². The molecule has 0 aromatic carbocycles. The Kier molecular flexibility index (Phi) is 5.92. The van der Waals surface area contributed by atoms with Crippen molar-refractivity contribution in [3.8, 4) is 0 Å². The molecule has 9 nitrogen and oxygen atoms in total. The minimum absolute atomic E-state index is 0.313. The van der Waals surface area contributed by atoms with Crippen LogP contribution >= 0.6 is 43.5 Å². The van der Waals surface area contributed by atoms with Crippen LogP contribution in [0.15, 0.2) is 21.6 Å². The summed E-state index contributed by atoms with van der Waals surface area (Å²) in [6.07, 6.45) is 3.63. The predicted molar refractivity (Wildman–Crippen MR) is 110 cm³/mol. The number of fused-ring (bicyclic) bond motifs is 2. The Bertz CT molecular complexity index is 1110. The Balaban J connectivity index is 0.000000159. The van der Waals surface area contributed by atoms with E-state index in [9.17, 15) is 0 Å². The average molecular weight is 518 g/mol. The molecule has 0 unspecified atom stereocenters. The van der Waals surface area contributed by atoms with Gasteiger partial charge < -0.3 is 5.32 Å². The van der Waals surface area contributed by atoms with Crippen molar-refractivity contribution < 1.29 is 0 Å². The summed E-state index contributed by atoms with van der Waals surface area (Å²) >= 11 is 12.4. The molecule has 0 bridgehead atoms. The molecule has 0 fully saturated rings. The Hall–Kier alpha value is -1.85. The van der Waals surface area contributed by atoms with Crippen LogP contribution in [0, 0.1) is 13.8 Å². The molecular formula is C15H16Br2ClN9. The minimum Gasteiger partial charge on any atom is -0.365 e. The Morgan fingerprint density at radius 2 is 1.41 bits per heavy atom. The standard InChI is InChI=1S/C9H12BrN5.C6H4BrClN4/c1-5(2)11-8-9-14-13-6(3)15(9)4-7(10)12-8;1-3-10-11-6-5(8)9-4(7)2-12(3)6/h4-5H,1-3H3,(H,11,12);2H,1H3. The normalized spacial score (nSPS) is 11.1. The molecule has 12 heteroatoms. The number of halogens is 3. The molecule has 0 aliphatic rings. The zero-order chi connectivity index (χ0) is 19.7. The van der Waals surface area contributed by atoms with Crippen molar-refractivity contribution in [1.29, 1.82) is 0 Å². The summed E-state index contributed by atoms with van der Waals surface area (Å²) in [7, 11) is 0. The van der Waals surface area contributed by atoms with Gasteiger partial charge in [-0.25, -0.2) is 9.97 Å². The number of rotatable bonds is 2. The molecule has 4 rings (SSSR count). The summed E-state index contributed by atoms with van der Waals surface area (Å²) in [4.78, 5) is 8.31. The lowest BCUT2D eigenvalue weighted by Gasteiger charge is -2.09. The molecule has 4 aromatic rings. The molecule has 0 aliphatic carbocycles. The fourth-order valence-electron chi connectivity index (χ4n) is 2.29. The van der Waals surface area contributed by atoms with E-state index in [0.717, 1.165) is 27.7 Å². The minimum atomic E-state index is 0.313. The van der Waals surface area contributed by atoms with Gasteiger partial charge in [-0.1, -0.05) is 11.6 Å². The summed E-state index contributed by atoms with van der Waals surface area (Å²) in [5, 5.41) is 19.4. The predicted octanol–water partition coefficient (Wildman–Crippen LogP) is 3.86. The van der Waals surface area contributed by atoms with Gasteiger partial charge >= 0.3 is 0 Å². The van der Waals surface area contributed by atoms with E-state index >= 15 is 0 Å². The highest BCUT2D eigenvalue weighted by molar-refractivity contribution is 9.10. The van der Waals surface area contributed by atoms with Crippen LogP contribution in [0.2, 0.25) is 5.15 Å². The Morgan fingerprint density at radius 3 is 2.00 bits per heavy atom. The number of hydrogen-bond donors (Lipinski definition) is 1. The maximum Gasteiger partial charge on any atom is 0.203 e. The van der Waals surface area contributed by atoms with E-state index in [1.54, 1.807) is 10.6 Å². The fraction of sp³-hybridized carbons (Fsp3) is 0.333. The summed E-state index contributed by atoms with van der Waals surface area (Å²) in [6.45, 7) is 7.87. The first-order valence-electron chi connectivity index (χ1n) is 7.94. The van der Waals surface area contributed by atoms with Crippen LogP contribution in [-0.4, -0.2) is 45.2 Å². The third-order valence-electron chi connectivity index (χ3n) is 3.45. The van der Waals surface area contributed by atoms with E-state index in [1.807, 2.05) is 24.4 Å². The van der Waals surface area contributed by atoms with Crippen molar-refractivity contribution in [2.75, 3.05) is 5.32 Å². The van der Waals surface area contributed by atoms with Gasteiger partial charge in [0, 0.05) is 18.4 Å². The number of nitrogens with zero attached hydrogens (tertiary/aromatic N) is 8. The number of anilines is 1. The quantitative estimate of drug-likeness (QED) is 0.431. The third-order valence-corrected chi connectivity index (χ3v) is 4.47. The van der Waals surface area contributed by atoms with Crippen molar-refractivity contribution in [2.45, 2.75) is 33.7 Å². The Morgan fingerprint density at radius 1 is 0.889 bits per heavy atom. The van der Waals surface area contributed by atoms with Gasteiger partial charge in [-0.2, -0.15) is 0 Å². The SMILES string of the molecule is Cc1nnc2c(Cl)nc(Br)cn12.Cc1nnc2c(NC(C)C)nc(Br)cn12. The molecule has 0 aliphatic heterocycles. The fourth-order valence-corrected chi connectivity index (χ4v) is 3.38. The van der Waals surface area contributed by atoms with Gasteiger partial charge in [-0.15, -0.1) is 20.4 Å². The van der Waals surface area contributed by atoms with Crippen LogP contribution in [0.4, 0.5) is 5.82 Å². The van der Waals surface area contributed by atoms with Gasteiger partial charge in [0.1, 0.15) is 20.9 Å². The molecule has 4 heterocycles. The molecule has 0 radical (unpaired) electrons. The van der Waals surface area contributed by atoms with E-state index in [0.29, 0.717) is 21.4 Å². The number of aryl methyl sites for hydroxylation is 2. The molecule has 0 spiro atoms. The highest BCUT2D eigenvalue weighted by Gasteiger charge is 2.10. The molecule has 1 N–H and O–H groups in total. The summed E-state index contributed by atoms with van der Waals surface area (Å²) in [5.41, 5.74) is 1.33. The van der Waals surface area contributed by atoms with Crippen molar-refractivity contribution >= 4 is 60.6 Å². The third kappa shape index (κ3) is 4.36. The lowest BCUT2D eigenvalue weighted by atomic mass is 10.4. The molecule has 0 saturated heterocycles.